The van der Waals surface area contributed by atoms with E-state index in [0.29, 0.717) is 0 Å². The highest BCUT2D eigenvalue weighted by Crippen LogP contribution is 2.58. The van der Waals surface area contributed by atoms with Gasteiger partial charge in [-0.3, -0.25) is 0 Å². The van der Waals surface area contributed by atoms with Crippen LogP contribution in [-0.2, 0) is 0 Å². The first-order valence-corrected chi connectivity index (χ1v) is 4.23. The summed E-state index contributed by atoms with van der Waals surface area (Å²) in [6, 6.07) is -6.30. The Labute approximate surface area is 98.2 Å². The summed E-state index contributed by atoms with van der Waals surface area (Å²) in [5.41, 5.74) is -7.18. The van der Waals surface area contributed by atoms with Gasteiger partial charge in [0.25, 0.3) is 0 Å². The van der Waals surface area contributed by atoms with Gasteiger partial charge >= 0.3 is 29.7 Å². The monoisotopic (exact) mass is 312 g/mol. The second kappa shape index (κ2) is 4.36. The maximum Gasteiger partial charge on any atom is 0.435 e. The van der Waals surface area contributed by atoms with Gasteiger partial charge in [0.1, 0.15) is 0 Å². The van der Waals surface area contributed by atoms with Crippen molar-refractivity contribution in [1.82, 2.24) is 0 Å². The minimum absolute atomic E-state index is 0.398. The molecular weight excluding hydrogens is 306 g/mol. The molecule has 116 valence electrons. The van der Waals surface area contributed by atoms with Gasteiger partial charge in [-0.15, -0.1) is 0 Å². The second-order valence-electron chi connectivity index (χ2n) is 3.56. The van der Waals surface area contributed by atoms with E-state index in [1.807, 2.05) is 0 Å². The van der Waals surface area contributed by atoms with Gasteiger partial charge in [0.05, 0.1) is 0 Å². The molecule has 0 radical (unpaired) electrons. The summed E-state index contributed by atoms with van der Waals surface area (Å²) in [4.78, 5) is 0. The van der Waals surface area contributed by atoms with Crippen LogP contribution in [0.4, 0.5) is 43.9 Å². The Morgan fingerprint density at radius 2 is 1.11 bits per heavy atom. The molecule has 2 nitrogen and oxygen atoms in total. The van der Waals surface area contributed by atoms with E-state index in [1.54, 1.807) is 0 Å². The zero-order valence-corrected chi connectivity index (χ0v) is 8.75. The van der Waals surface area contributed by atoms with E-state index in [1.165, 1.54) is 0 Å². The quantitative estimate of drug-likeness (QED) is 0.618. The molecule has 0 amide bonds. The average molecular weight is 312 g/mol. The van der Waals surface area contributed by atoms with Gasteiger partial charge in [-0.25, -0.2) is 8.78 Å². The van der Waals surface area contributed by atoms with Crippen LogP contribution in [0, 0.1) is 0 Å². The molecule has 2 atom stereocenters. The molecule has 0 aliphatic rings. The van der Waals surface area contributed by atoms with Crippen molar-refractivity contribution in [2.75, 3.05) is 0 Å². The third-order valence-electron chi connectivity index (χ3n) is 2.18. The van der Waals surface area contributed by atoms with Crippen LogP contribution in [0.1, 0.15) is 6.92 Å². The lowest BCUT2D eigenvalue weighted by molar-refractivity contribution is -0.460. The number of halogens is 10. The average Bonchev–Trinajstić information content (AvgIpc) is 2.11. The molecule has 0 aromatic rings. The van der Waals surface area contributed by atoms with E-state index >= 15 is 0 Å². The smallest absolute Gasteiger partial charge is 0.335 e. The fourth-order valence-electron chi connectivity index (χ4n) is 1.07. The fraction of sp³-hybridized carbons (Fsp3) is 1.00. The first-order chi connectivity index (χ1) is 7.94. The molecule has 0 aromatic carbocycles. The van der Waals surface area contributed by atoms with Crippen LogP contribution in [0.15, 0.2) is 0 Å². The van der Waals surface area contributed by atoms with Crippen molar-refractivity contribution in [1.29, 1.82) is 0 Å². The Kier molecular flexibility index (Phi) is 4.18. The predicted octanol–water partition coefficient (Wildman–Crippen LogP) is 2.49. The molecule has 2 N–H and O–H groups in total. The summed E-state index contributed by atoms with van der Waals surface area (Å²) in [7, 11) is 0. The third kappa shape index (κ3) is 2.35. The molecule has 19 heavy (non-hydrogen) atoms. The molecule has 0 heterocycles. The van der Waals surface area contributed by atoms with Gasteiger partial charge in [-0.2, -0.15) is 35.1 Å². The van der Waals surface area contributed by atoms with E-state index in [4.69, 9.17) is 10.2 Å². The van der Waals surface area contributed by atoms with Crippen LogP contribution >= 0.6 is 0 Å². The maximum atomic E-state index is 13.2. The first-order valence-electron chi connectivity index (χ1n) is 4.23. The Bertz CT molecular complexity index is 330. The molecule has 0 fully saturated rings. The highest BCUT2D eigenvalue weighted by Gasteiger charge is 2.89. The van der Waals surface area contributed by atoms with Crippen LogP contribution in [0.5, 0.6) is 0 Å². The van der Waals surface area contributed by atoms with Crippen molar-refractivity contribution in [3.63, 3.8) is 0 Å². The molecule has 0 aliphatic carbocycles. The second-order valence-corrected chi connectivity index (χ2v) is 3.56. The van der Waals surface area contributed by atoms with Crippen molar-refractivity contribution >= 4 is 0 Å². The van der Waals surface area contributed by atoms with Crippen LogP contribution in [-0.4, -0.2) is 46.1 Å². The summed E-state index contributed by atoms with van der Waals surface area (Å²) < 4.78 is 125. The highest BCUT2D eigenvalue weighted by molar-refractivity contribution is 5.13. The van der Waals surface area contributed by atoms with Gasteiger partial charge in [0.2, 0.25) is 0 Å². The largest absolute Gasteiger partial charge is 0.435 e. The van der Waals surface area contributed by atoms with Gasteiger partial charge in [-0.05, 0) is 6.92 Å². The molecule has 2 unspecified atom stereocenters. The molecule has 0 aromatic heterocycles. The number of hydrogen-bond acceptors (Lipinski definition) is 2. The van der Waals surface area contributed by atoms with Crippen molar-refractivity contribution in [2.45, 2.75) is 42.8 Å². The number of rotatable bonds is 4. The van der Waals surface area contributed by atoms with Gasteiger partial charge in [-0.1, -0.05) is 0 Å². The molecule has 0 aliphatic heterocycles. The SMILES string of the molecule is CC(F)C(F)(F)C(F)(C(F)(F)F)C(F)(F)C(O)(O)F. The summed E-state index contributed by atoms with van der Waals surface area (Å²) >= 11 is 0. The Morgan fingerprint density at radius 1 is 0.789 bits per heavy atom. The predicted molar refractivity (Wildman–Crippen MR) is 38.6 cm³/mol. The molecule has 12 heteroatoms. The topological polar surface area (TPSA) is 40.5 Å². The first kappa shape index (κ1) is 18.2. The number of hydrogen-bond donors (Lipinski definition) is 2. The normalized spacial score (nSPS) is 20.1. The summed E-state index contributed by atoms with van der Waals surface area (Å²) in [6.45, 7) is -0.398. The molecule has 0 saturated heterocycles. The molecule has 0 spiro atoms. The number of aliphatic hydroxyl groups is 2. The van der Waals surface area contributed by atoms with Crippen LogP contribution in [0.3, 0.4) is 0 Å². The van der Waals surface area contributed by atoms with Crippen LogP contribution < -0.4 is 0 Å². The van der Waals surface area contributed by atoms with Crippen molar-refractivity contribution in [3.05, 3.63) is 0 Å². The Balaban J connectivity index is 6.30. The van der Waals surface area contributed by atoms with Gasteiger partial charge in [0.15, 0.2) is 6.17 Å². The lowest BCUT2D eigenvalue weighted by Gasteiger charge is -2.42. The highest BCUT2D eigenvalue weighted by atomic mass is 19.4. The van der Waals surface area contributed by atoms with Crippen molar-refractivity contribution in [2.24, 2.45) is 0 Å². The zero-order valence-electron chi connectivity index (χ0n) is 8.75. The lowest BCUT2D eigenvalue weighted by atomic mass is 9.86. The summed E-state index contributed by atoms with van der Waals surface area (Å²) in [6.07, 6.45) is -11.3. The fourth-order valence-corrected chi connectivity index (χ4v) is 1.07. The van der Waals surface area contributed by atoms with E-state index in [2.05, 4.69) is 0 Å². The minimum Gasteiger partial charge on any atom is -0.335 e. The van der Waals surface area contributed by atoms with Crippen LogP contribution in [0.2, 0.25) is 0 Å². The third-order valence-corrected chi connectivity index (χ3v) is 2.18. The number of alkyl halides is 10. The Morgan fingerprint density at radius 3 is 1.26 bits per heavy atom. The van der Waals surface area contributed by atoms with E-state index in [-0.39, 0.29) is 0 Å². The van der Waals surface area contributed by atoms with Gasteiger partial charge < -0.3 is 10.2 Å². The molecular formula is C7H6F10O2. The van der Waals surface area contributed by atoms with Crippen molar-refractivity contribution < 1.29 is 54.1 Å². The lowest BCUT2D eigenvalue weighted by Crippen LogP contribution is -2.73. The minimum atomic E-state index is -7.21. The summed E-state index contributed by atoms with van der Waals surface area (Å²) in [5, 5.41) is 15.5. The summed E-state index contributed by atoms with van der Waals surface area (Å²) in [5.74, 6) is -13.6. The van der Waals surface area contributed by atoms with Crippen LogP contribution in [0.25, 0.3) is 0 Å². The zero-order chi connectivity index (χ0) is 16.1. The standard InChI is InChI=1S/C7H6F10O2/c1-2(8)3(9,10)4(11,6(14,15)16)5(12,13)7(17,18)19/h2,18-19H,1H3. The molecule has 0 saturated carbocycles. The van der Waals surface area contributed by atoms with E-state index < -0.39 is 42.8 Å². The molecule has 0 bridgehead atoms. The van der Waals surface area contributed by atoms with Crippen molar-refractivity contribution in [3.8, 4) is 0 Å². The van der Waals surface area contributed by atoms with E-state index in [9.17, 15) is 43.9 Å². The Hall–Kier alpha value is -0.780. The molecule has 0 rings (SSSR count). The van der Waals surface area contributed by atoms with E-state index in [0.717, 1.165) is 0 Å². The van der Waals surface area contributed by atoms with Gasteiger partial charge in [0, 0.05) is 0 Å². The maximum absolute atomic E-state index is 13.2.